The molecule has 0 unspecified atom stereocenters. The number of nitro groups is 1. The molecule has 0 heterocycles. The van der Waals surface area contributed by atoms with Gasteiger partial charge in [0.2, 0.25) is 0 Å². The maximum absolute atomic E-state index is 10.1. The van der Waals surface area contributed by atoms with Crippen molar-refractivity contribution in [3.05, 3.63) is 39.9 Å². The van der Waals surface area contributed by atoms with Gasteiger partial charge in [-0.3, -0.25) is 10.1 Å². The molecule has 0 saturated heterocycles. The minimum absolute atomic E-state index is 0. The summed E-state index contributed by atoms with van der Waals surface area (Å²) in [5.41, 5.74) is 0.996. The Hall–Kier alpha value is -0.276. The fourth-order valence-electron chi connectivity index (χ4n) is 0.608. The van der Waals surface area contributed by atoms with E-state index in [2.05, 4.69) is 6.07 Å². The van der Waals surface area contributed by atoms with Crippen LogP contribution in [0.1, 0.15) is 5.56 Å². The van der Waals surface area contributed by atoms with E-state index in [4.69, 9.17) is 0 Å². The molecule has 0 aliphatic carbocycles. The molecule has 1 aromatic rings. The number of nitro benzene ring substituents is 1. The summed E-state index contributed by atoms with van der Waals surface area (Å²) < 4.78 is 0. The van der Waals surface area contributed by atoms with Crippen molar-refractivity contribution >= 4 is 5.69 Å². The molecule has 0 saturated carbocycles. The van der Waals surface area contributed by atoms with E-state index in [1.54, 1.807) is 6.07 Å². The average Bonchev–Trinajstić information content (AvgIpc) is 1.88. The Labute approximate surface area is 89.8 Å². The molecule has 1 rings (SSSR count). The monoisotopic (exact) mass is 225 g/mol. The van der Waals surface area contributed by atoms with Crippen LogP contribution in [0, 0.1) is 23.1 Å². The third-order valence-corrected chi connectivity index (χ3v) is 1.16. The van der Waals surface area contributed by atoms with E-state index in [1.807, 2.05) is 6.92 Å². The number of aryl methyl sites for hydroxylation is 1. The van der Waals surface area contributed by atoms with Gasteiger partial charge in [-0.2, -0.15) is 17.7 Å². The molecule has 3 nitrogen and oxygen atoms in total. The summed E-state index contributed by atoms with van der Waals surface area (Å²) in [6.45, 7) is 1.84. The Morgan fingerprint density at radius 3 is 2.55 bits per heavy atom. The van der Waals surface area contributed by atoms with Crippen LogP contribution >= 0.6 is 0 Å². The molecule has 0 fully saturated rings. The van der Waals surface area contributed by atoms with Crippen LogP contribution in [0.4, 0.5) is 5.69 Å². The van der Waals surface area contributed by atoms with Crippen LogP contribution < -0.4 is 0 Å². The van der Waals surface area contributed by atoms with Gasteiger partial charge in [-0.05, 0) is 0 Å². The molecule has 1 aromatic carbocycles. The van der Waals surface area contributed by atoms with Gasteiger partial charge in [0.05, 0.1) is 0 Å². The molecule has 0 aliphatic heterocycles. The molecule has 0 bridgehead atoms. The summed E-state index contributed by atoms with van der Waals surface area (Å²) in [6, 6.07) is 7.24. The topological polar surface area (TPSA) is 43.1 Å². The molecule has 55 valence electrons. The molecule has 0 amide bonds. The molecule has 0 aromatic heterocycles. The molecule has 0 aliphatic rings. The number of non-ortho nitro benzene ring substituents is 1. The van der Waals surface area contributed by atoms with Crippen molar-refractivity contribution in [1.82, 2.24) is 0 Å². The first-order valence-electron chi connectivity index (χ1n) is 2.83. The van der Waals surface area contributed by atoms with E-state index < -0.39 is 4.92 Å². The van der Waals surface area contributed by atoms with Gasteiger partial charge < -0.3 is 0 Å². The molecule has 0 spiro atoms. The molecule has 0 N–H and O–H groups in total. The van der Waals surface area contributed by atoms with Crippen molar-refractivity contribution in [1.29, 1.82) is 0 Å². The summed E-state index contributed by atoms with van der Waals surface area (Å²) in [6.07, 6.45) is 0. The summed E-state index contributed by atoms with van der Waals surface area (Å²) in [5.74, 6) is 0. The van der Waals surface area contributed by atoms with Crippen LogP contribution in [0.5, 0.6) is 0 Å². The van der Waals surface area contributed by atoms with Crippen molar-refractivity contribution in [2.45, 2.75) is 6.92 Å². The number of benzene rings is 1. The maximum atomic E-state index is 10.1. The van der Waals surface area contributed by atoms with Crippen molar-refractivity contribution in [2.24, 2.45) is 0 Å². The third-order valence-electron chi connectivity index (χ3n) is 1.16. The molecule has 0 atom stereocenters. The first-order chi connectivity index (χ1) is 4.70. The first-order valence-corrected chi connectivity index (χ1v) is 2.83. The van der Waals surface area contributed by atoms with Gasteiger partial charge in [0, 0.05) is 37.6 Å². The van der Waals surface area contributed by atoms with Gasteiger partial charge in [0.1, 0.15) is 0 Å². The summed E-state index contributed by atoms with van der Waals surface area (Å²) >= 11 is 0. The Balaban J connectivity index is 0.000001000. The van der Waals surface area contributed by atoms with Crippen LogP contribution in [0.25, 0.3) is 0 Å². The molecular weight excluding hydrogens is 219 g/mol. The first kappa shape index (κ1) is 10.7. The van der Waals surface area contributed by atoms with Crippen molar-refractivity contribution in [2.75, 3.05) is 0 Å². The average molecular weight is 225 g/mol. The maximum Gasteiger partial charge on any atom is 0.163 e. The number of hydrogen-bond donors (Lipinski definition) is 0. The van der Waals surface area contributed by atoms with Gasteiger partial charge in [-0.1, -0.05) is 13.0 Å². The molecule has 11 heavy (non-hydrogen) atoms. The second kappa shape index (κ2) is 4.57. The number of nitrogens with zero attached hydrogens (tertiary/aromatic N) is 1. The number of rotatable bonds is 1. The van der Waals surface area contributed by atoms with Crippen molar-refractivity contribution in [3.8, 4) is 0 Å². The van der Waals surface area contributed by atoms with E-state index in [0.717, 1.165) is 5.56 Å². The predicted octanol–water partition coefficient (Wildman–Crippen LogP) is 1.70. The Bertz CT molecular complexity index is 245. The smallest absolute Gasteiger partial charge is 0.163 e. The Morgan fingerprint density at radius 2 is 2.18 bits per heavy atom. The zero-order valence-electron chi connectivity index (χ0n) is 6.07. The van der Waals surface area contributed by atoms with E-state index >= 15 is 0 Å². The quantitative estimate of drug-likeness (QED) is 0.414. The van der Waals surface area contributed by atoms with Crippen LogP contribution in [0.15, 0.2) is 18.2 Å². The molecule has 1 radical (unpaired) electrons. The van der Waals surface area contributed by atoms with Crippen LogP contribution in [-0.2, 0) is 32.7 Å². The molecule has 4 heteroatoms. The van der Waals surface area contributed by atoms with Crippen LogP contribution in [0.3, 0.4) is 0 Å². The largest absolute Gasteiger partial charge is 0.270 e. The second-order valence-corrected chi connectivity index (χ2v) is 1.99. The van der Waals surface area contributed by atoms with Crippen molar-refractivity contribution in [3.63, 3.8) is 0 Å². The second-order valence-electron chi connectivity index (χ2n) is 1.99. The summed E-state index contributed by atoms with van der Waals surface area (Å²) in [5, 5.41) is 10.1. The van der Waals surface area contributed by atoms with Gasteiger partial charge in [0.25, 0.3) is 0 Å². The van der Waals surface area contributed by atoms with Gasteiger partial charge in [0.15, 0.2) is 5.69 Å². The van der Waals surface area contributed by atoms with Gasteiger partial charge in [-0.15, -0.1) is 6.07 Å². The fraction of sp³-hybridized carbons (Fsp3) is 0.143. The summed E-state index contributed by atoms with van der Waals surface area (Å²) in [7, 11) is 0. The van der Waals surface area contributed by atoms with E-state index in [1.165, 1.54) is 12.1 Å². The van der Waals surface area contributed by atoms with Crippen molar-refractivity contribution < 1.29 is 37.6 Å². The van der Waals surface area contributed by atoms with E-state index in [0.29, 0.717) is 0 Å². The summed E-state index contributed by atoms with van der Waals surface area (Å²) in [4.78, 5) is 9.66. The minimum atomic E-state index is -0.435. The van der Waals surface area contributed by atoms with Crippen LogP contribution in [0.2, 0.25) is 0 Å². The fourth-order valence-corrected chi connectivity index (χ4v) is 0.608. The van der Waals surface area contributed by atoms with Gasteiger partial charge in [-0.25, -0.2) is 0 Å². The normalized spacial score (nSPS) is 8.45. The van der Waals surface area contributed by atoms with E-state index in [-0.39, 0.29) is 38.4 Å². The third kappa shape index (κ3) is 3.08. The van der Waals surface area contributed by atoms with E-state index in [9.17, 15) is 10.1 Å². The minimum Gasteiger partial charge on any atom is -0.270 e. The van der Waals surface area contributed by atoms with Crippen LogP contribution in [-0.4, -0.2) is 4.92 Å². The molecular formula is C7H6NO2Y-. The zero-order chi connectivity index (χ0) is 7.56. The Morgan fingerprint density at radius 1 is 1.55 bits per heavy atom. The Kier molecular flexibility index (Phi) is 4.46. The predicted molar refractivity (Wildman–Crippen MR) is 36.7 cm³/mol. The number of hydrogen-bond acceptors (Lipinski definition) is 2. The SMILES string of the molecule is Cc1[c-]cc([N+](=O)[O-])cc1.[Y]. The zero-order valence-corrected chi connectivity index (χ0v) is 8.91. The van der Waals surface area contributed by atoms with Gasteiger partial charge >= 0.3 is 0 Å². The standard InChI is InChI=1S/C7H6NO2.Y/c1-6-2-4-7(5-3-6)8(9)10;/h2,4-5H,1H3;/q-1;.